The molecule has 0 bridgehead atoms. The third-order valence-electron chi connectivity index (χ3n) is 4.46. The minimum absolute atomic E-state index is 0.114. The van der Waals surface area contributed by atoms with Crippen molar-refractivity contribution in [2.45, 2.75) is 6.54 Å². The molecule has 7 nitrogen and oxygen atoms in total. The number of nitrogens with zero attached hydrogens (tertiary/aromatic N) is 4. The predicted octanol–water partition coefficient (Wildman–Crippen LogP) is 1.25. The van der Waals surface area contributed by atoms with Crippen molar-refractivity contribution in [2.24, 2.45) is 0 Å². The highest BCUT2D eigenvalue weighted by molar-refractivity contribution is 5.93. The minimum atomic E-state index is -0.325. The number of hydrogen-bond donors (Lipinski definition) is 0. The molecule has 3 aromatic heterocycles. The Labute approximate surface area is 144 Å². The molecule has 1 aliphatic heterocycles. The van der Waals surface area contributed by atoms with E-state index in [-0.39, 0.29) is 17.0 Å². The van der Waals surface area contributed by atoms with Crippen molar-refractivity contribution in [1.82, 2.24) is 19.2 Å². The summed E-state index contributed by atoms with van der Waals surface area (Å²) in [6.45, 7) is 3.38. The average Bonchev–Trinajstić information content (AvgIpc) is 3.15. The van der Waals surface area contributed by atoms with E-state index in [4.69, 9.17) is 4.42 Å². The van der Waals surface area contributed by atoms with Gasteiger partial charge in [-0.1, -0.05) is 6.07 Å². The molecule has 7 heteroatoms. The summed E-state index contributed by atoms with van der Waals surface area (Å²) in [5.41, 5.74) is 0.323. The second kappa shape index (κ2) is 6.52. The Bertz CT molecular complexity index is 940. The second-order valence-corrected chi connectivity index (χ2v) is 6.05. The number of fused-ring (bicyclic) bond motifs is 1. The maximum Gasteiger partial charge on any atom is 0.270 e. The number of aromatic nitrogens is 2. The molecular formula is C18H18N4O3. The topological polar surface area (TPSA) is 71.1 Å². The summed E-state index contributed by atoms with van der Waals surface area (Å²) in [7, 11) is 0. The van der Waals surface area contributed by atoms with Gasteiger partial charge < -0.3 is 9.32 Å². The van der Waals surface area contributed by atoms with E-state index in [1.54, 1.807) is 29.5 Å². The van der Waals surface area contributed by atoms with Gasteiger partial charge in [0.2, 0.25) is 0 Å². The maximum atomic E-state index is 12.7. The van der Waals surface area contributed by atoms with E-state index in [1.165, 1.54) is 10.6 Å². The largest absolute Gasteiger partial charge is 0.468 e. The Morgan fingerprint density at radius 1 is 1.12 bits per heavy atom. The van der Waals surface area contributed by atoms with Gasteiger partial charge in [-0.3, -0.25) is 18.9 Å². The summed E-state index contributed by atoms with van der Waals surface area (Å²) >= 11 is 0. The van der Waals surface area contributed by atoms with E-state index in [9.17, 15) is 9.59 Å². The second-order valence-electron chi connectivity index (χ2n) is 6.05. The molecule has 4 rings (SSSR count). The first-order chi connectivity index (χ1) is 12.2. The van der Waals surface area contributed by atoms with Crippen LogP contribution >= 0.6 is 0 Å². The van der Waals surface area contributed by atoms with Crippen LogP contribution in [0.3, 0.4) is 0 Å². The number of carbonyl (C=O) groups excluding carboxylic acids is 1. The van der Waals surface area contributed by atoms with Gasteiger partial charge in [-0.2, -0.15) is 0 Å². The molecule has 128 valence electrons. The summed E-state index contributed by atoms with van der Waals surface area (Å²) in [5, 5.41) is 0. The van der Waals surface area contributed by atoms with Crippen molar-refractivity contribution in [3.63, 3.8) is 0 Å². The summed E-state index contributed by atoms with van der Waals surface area (Å²) < 4.78 is 6.77. The number of carbonyl (C=O) groups is 1. The zero-order chi connectivity index (χ0) is 17.2. The van der Waals surface area contributed by atoms with E-state index in [1.807, 2.05) is 18.2 Å². The molecule has 1 saturated heterocycles. The van der Waals surface area contributed by atoms with Crippen molar-refractivity contribution in [2.75, 3.05) is 26.2 Å². The molecule has 0 saturated carbocycles. The quantitative estimate of drug-likeness (QED) is 0.719. The molecule has 0 atom stereocenters. The lowest BCUT2D eigenvalue weighted by Crippen LogP contribution is -2.49. The number of amides is 1. The molecule has 0 N–H and O–H groups in total. The molecule has 0 aromatic carbocycles. The van der Waals surface area contributed by atoms with Crippen molar-refractivity contribution < 1.29 is 9.21 Å². The fourth-order valence-corrected chi connectivity index (χ4v) is 3.08. The van der Waals surface area contributed by atoms with Crippen LogP contribution in [0.25, 0.3) is 5.65 Å². The highest BCUT2D eigenvalue weighted by Crippen LogP contribution is 2.11. The van der Waals surface area contributed by atoms with E-state index in [0.29, 0.717) is 18.7 Å². The molecule has 0 radical (unpaired) electrons. The summed E-state index contributed by atoms with van der Waals surface area (Å²) in [4.78, 5) is 33.4. The Kier molecular flexibility index (Phi) is 4.07. The van der Waals surface area contributed by atoms with Crippen LogP contribution in [-0.4, -0.2) is 51.3 Å². The first-order valence-electron chi connectivity index (χ1n) is 8.23. The zero-order valence-electron chi connectivity index (χ0n) is 13.7. The van der Waals surface area contributed by atoms with Gasteiger partial charge in [0.1, 0.15) is 17.0 Å². The molecule has 25 heavy (non-hydrogen) atoms. The third kappa shape index (κ3) is 3.06. The number of pyridine rings is 1. The van der Waals surface area contributed by atoms with Gasteiger partial charge >= 0.3 is 0 Å². The molecule has 1 aliphatic rings. The van der Waals surface area contributed by atoms with Crippen molar-refractivity contribution in [3.8, 4) is 0 Å². The Balaban J connectivity index is 1.47. The number of furan rings is 1. The normalized spacial score (nSPS) is 15.6. The molecule has 0 spiro atoms. The van der Waals surface area contributed by atoms with Gasteiger partial charge in [0.15, 0.2) is 0 Å². The van der Waals surface area contributed by atoms with Crippen LogP contribution in [0.1, 0.15) is 16.1 Å². The lowest BCUT2D eigenvalue weighted by Gasteiger charge is -2.34. The fourth-order valence-electron chi connectivity index (χ4n) is 3.08. The first kappa shape index (κ1) is 15.6. The van der Waals surface area contributed by atoms with Crippen molar-refractivity contribution in [1.29, 1.82) is 0 Å². The summed E-state index contributed by atoms with van der Waals surface area (Å²) in [5.74, 6) is 0.658. The van der Waals surface area contributed by atoms with Gasteiger partial charge in [0.05, 0.1) is 12.8 Å². The standard InChI is InChI=1S/C18H18N4O3/c23-17(15-12-19-16-5-1-2-6-22(16)18(15)24)21-9-7-20(8-10-21)13-14-4-3-11-25-14/h1-6,11-12H,7-10,13H2. The summed E-state index contributed by atoms with van der Waals surface area (Å²) in [6, 6.07) is 9.11. The first-order valence-corrected chi connectivity index (χ1v) is 8.23. The van der Waals surface area contributed by atoms with Gasteiger partial charge in [-0.05, 0) is 24.3 Å². The molecule has 0 unspecified atom stereocenters. The van der Waals surface area contributed by atoms with Crippen LogP contribution in [0.5, 0.6) is 0 Å². The Hall–Kier alpha value is -2.93. The van der Waals surface area contributed by atoms with Crippen LogP contribution in [0.4, 0.5) is 0 Å². The van der Waals surface area contributed by atoms with Crippen LogP contribution in [0.2, 0.25) is 0 Å². The Morgan fingerprint density at radius 2 is 1.96 bits per heavy atom. The zero-order valence-corrected chi connectivity index (χ0v) is 13.7. The van der Waals surface area contributed by atoms with E-state index >= 15 is 0 Å². The SMILES string of the molecule is O=C(c1cnc2ccccn2c1=O)N1CCN(Cc2ccco2)CC1. The smallest absolute Gasteiger partial charge is 0.270 e. The number of hydrogen-bond acceptors (Lipinski definition) is 5. The lowest BCUT2D eigenvalue weighted by atomic mass is 10.2. The average molecular weight is 338 g/mol. The minimum Gasteiger partial charge on any atom is -0.468 e. The van der Waals surface area contributed by atoms with E-state index in [2.05, 4.69) is 9.88 Å². The highest BCUT2D eigenvalue weighted by Gasteiger charge is 2.25. The van der Waals surface area contributed by atoms with Crippen LogP contribution < -0.4 is 5.56 Å². The van der Waals surface area contributed by atoms with Gasteiger partial charge in [0, 0.05) is 38.6 Å². The lowest BCUT2D eigenvalue weighted by molar-refractivity contribution is 0.0618. The van der Waals surface area contributed by atoms with Gasteiger partial charge in [-0.15, -0.1) is 0 Å². The summed E-state index contributed by atoms with van der Waals surface area (Å²) in [6.07, 6.45) is 4.67. The molecular weight excluding hydrogens is 320 g/mol. The van der Waals surface area contributed by atoms with Crippen LogP contribution in [0.15, 0.2) is 58.2 Å². The molecule has 1 fully saturated rings. The van der Waals surface area contributed by atoms with Gasteiger partial charge in [-0.25, -0.2) is 4.98 Å². The van der Waals surface area contributed by atoms with E-state index in [0.717, 1.165) is 25.4 Å². The molecule has 0 aliphatic carbocycles. The van der Waals surface area contributed by atoms with Crippen LogP contribution in [0, 0.1) is 0 Å². The fraction of sp³-hybridized carbons (Fsp3) is 0.278. The maximum absolute atomic E-state index is 12.7. The monoisotopic (exact) mass is 338 g/mol. The molecule has 1 amide bonds. The van der Waals surface area contributed by atoms with Crippen molar-refractivity contribution in [3.05, 3.63) is 70.7 Å². The number of piperazine rings is 1. The van der Waals surface area contributed by atoms with Crippen LogP contribution in [-0.2, 0) is 6.54 Å². The molecule has 4 heterocycles. The van der Waals surface area contributed by atoms with Gasteiger partial charge in [0.25, 0.3) is 11.5 Å². The predicted molar refractivity (Wildman–Crippen MR) is 91.4 cm³/mol. The third-order valence-corrected chi connectivity index (χ3v) is 4.46. The highest BCUT2D eigenvalue weighted by atomic mass is 16.3. The Morgan fingerprint density at radius 3 is 2.72 bits per heavy atom. The molecule has 3 aromatic rings. The van der Waals surface area contributed by atoms with Crippen molar-refractivity contribution >= 4 is 11.6 Å². The number of rotatable bonds is 3. The van der Waals surface area contributed by atoms with E-state index < -0.39 is 0 Å².